The van der Waals surface area contributed by atoms with Crippen molar-refractivity contribution in [3.63, 3.8) is 0 Å². The lowest BCUT2D eigenvalue weighted by Crippen LogP contribution is -2.34. The van der Waals surface area contributed by atoms with E-state index in [1.807, 2.05) is 22.6 Å². The Kier molecular flexibility index (Phi) is 3.66. The first-order chi connectivity index (χ1) is 8.15. The number of likely N-dealkylation sites (tertiary alicyclic amines) is 1. The molecule has 94 valence electrons. The molecule has 1 fully saturated rings. The quantitative estimate of drug-likeness (QED) is 0.840. The normalized spacial score (nSPS) is 17.4. The topological polar surface area (TPSA) is 41.0 Å². The Morgan fingerprint density at radius 2 is 2.18 bits per heavy atom. The summed E-state index contributed by atoms with van der Waals surface area (Å²) in [7, 11) is 0. The number of rotatable bonds is 3. The van der Waals surface area contributed by atoms with Gasteiger partial charge in [0.2, 0.25) is 5.91 Å². The van der Waals surface area contributed by atoms with Crippen molar-refractivity contribution in [3.05, 3.63) is 16.7 Å². The smallest absolute Gasteiger partial charge is 0.245 e. The molecule has 1 aliphatic rings. The second-order valence-corrected chi connectivity index (χ2v) is 4.90. The fraction of sp³-hybridized carbons (Fsp3) is 0.667. The third kappa shape index (κ3) is 2.29. The number of imidazole rings is 1. The Morgan fingerprint density at radius 3 is 2.76 bits per heavy atom. The molecule has 0 radical (unpaired) electrons. The molecule has 1 aromatic rings. The van der Waals surface area contributed by atoms with Crippen LogP contribution in [-0.2, 0) is 11.2 Å². The van der Waals surface area contributed by atoms with Crippen LogP contribution in [0.25, 0.3) is 0 Å². The predicted molar refractivity (Wildman–Crippen MR) is 69.5 cm³/mol. The molecule has 2 rings (SSSR count). The van der Waals surface area contributed by atoms with Crippen molar-refractivity contribution in [1.29, 1.82) is 0 Å². The highest BCUT2D eigenvalue weighted by Gasteiger charge is 2.25. The van der Waals surface area contributed by atoms with Gasteiger partial charge in [0.05, 0.1) is 0 Å². The highest BCUT2D eigenvalue weighted by atomic mass is 32.1. The summed E-state index contributed by atoms with van der Waals surface area (Å²) in [5, 5.41) is 0. The van der Waals surface area contributed by atoms with Crippen LogP contribution in [0, 0.1) is 4.77 Å². The zero-order chi connectivity index (χ0) is 12.4. The summed E-state index contributed by atoms with van der Waals surface area (Å²) in [4.78, 5) is 17.3. The van der Waals surface area contributed by atoms with E-state index in [1.54, 1.807) is 0 Å². The van der Waals surface area contributed by atoms with Crippen LogP contribution in [0.4, 0.5) is 0 Å². The lowest BCUT2D eigenvalue weighted by Gasteiger charge is -2.22. The molecule has 5 heteroatoms. The van der Waals surface area contributed by atoms with Crippen molar-refractivity contribution >= 4 is 18.1 Å². The monoisotopic (exact) mass is 253 g/mol. The Balaban J connectivity index is 2.23. The van der Waals surface area contributed by atoms with Gasteiger partial charge in [-0.25, -0.2) is 0 Å². The number of carbonyl (C=O) groups is 1. The highest BCUT2D eigenvalue weighted by Crippen LogP contribution is 2.18. The van der Waals surface area contributed by atoms with E-state index in [0.29, 0.717) is 4.77 Å². The standard InChI is InChI=1S/C12H19N3OS/c1-3-10-8-13-12(17)15(10)9(2)11(16)14-6-4-5-7-14/h8-9H,3-7H2,1-2H3,(H,13,17). The maximum Gasteiger partial charge on any atom is 0.245 e. The number of H-pyrrole nitrogens is 1. The highest BCUT2D eigenvalue weighted by molar-refractivity contribution is 7.71. The van der Waals surface area contributed by atoms with E-state index in [4.69, 9.17) is 12.2 Å². The number of hydrogen-bond acceptors (Lipinski definition) is 2. The van der Waals surface area contributed by atoms with Gasteiger partial charge >= 0.3 is 0 Å². The third-order valence-electron chi connectivity index (χ3n) is 3.42. The molecule has 1 aliphatic heterocycles. The Morgan fingerprint density at radius 1 is 1.53 bits per heavy atom. The summed E-state index contributed by atoms with van der Waals surface area (Å²) in [6, 6.07) is -0.193. The Labute approximate surface area is 107 Å². The fourth-order valence-electron chi connectivity index (χ4n) is 2.42. The molecule has 1 amide bonds. The number of amides is 1. The second kappa shape index (κ2) is 5.04. The molecule has 0 spiro atoms. The van der Waals surface area contributed by atoms with Crippen LogP contribution in [0.5, 0.6) is 0 Å². The van der Waals surface area contributed by atoms with Gasteiger partial charge in [0.25, 0.3) is 0 Å². The number of aromatic nitrogens is 2. The van der Waals surface area contributed by atoms with E-state index in [0.717, 1.165) is 38.0 Å². The molecule has 0 saturated carbocycles. The molecule has 1 N–H and O–H groups in total. The number of aromatic amines is 1. The summed E-state index contributed by atoms with van der Waals surface area (Å²) in [6.45, 7) is 5.79. The van der Waals surface area contributed by atoms with E-state index in [1.165, 1.54) is 0 Å². The van der Waals surface area contributed by atoms with Crippen molar-refractivity contribution in [2.24, 2.45) is 0 Å². The molecular formula is C12H19N3OS. The molecular weight excluding hydrogens is 234 g/mol. The van der Waals surface area contributed by atoms with Crippen LogP contribution in [0.15, 0.2) is 6.20 Å². The lowest BCUT2D eigenvalue weighted by molar-refractivity contribution is -0.133. The number of aryl methyl sites for hydroxylation is 1. The molecule has 1 aromatic heterocycles. The van der Waals surface area contributed by atoms with Crippen LogP contribution < -0.4 is 0 Å². The summed E-state index contributed by atoms with van der Waals surface area (Å²) in [6.07, 6.45) is 5.02. The molecule has 4 nitrogen and oxygen atoms in total. The molecule has 2 heterocycles. The van der Waals surface area contributed by atoms with Gasteiger partial charge < -0.3 is 14.5 Å². The molecule has 1 unspecified atom stereocenters. The van der Waals surface area contributed by atoms with Crippen LogP contribution in [0.1, 0.15) is 38.4 Å². The van der Waals surface area contributed by atoms with Gasteiger partial charge in [-0.1, -0.05) is 6.92 Å². The maximum atomic E-state index is 12.3. The fourth-order valence-corrected chi connectivity index (χ4v) is 2.76. The Bertz CT molecular complexity index is 457. The van der Waals surface area contributed by atoms with Crippen molar-refractivity contribution < 1.29 is 4.79 Å². The molecule has 1 atom stereocenters. The van der Waals surface area contributed by atoms with E-state index in [2.05, 4.69) is 11.9 Å². The summed E-state index contributed by atoms with van der Waals surface area (Å²) in [5.74, 6) is 0.188. The van der Waals surface area contributed by atoms with Gasteiger partial charge in [-0.2, -0.15) is 0 Å². The maximum absolute atomic E-state index is 12.3. The number of nitrogens with one attached hydrogen (secondary N) is 1. The van der Waals surface area contributed by atoms with Crippen molar-refractivity contribution in [1.82, 2.24) is 14.5 Å². The molecule has 17 heavy (non-hydrogen) atoms. The van der Waals surface area contributed by atoms with Gasteiger partial charge in [0.15, 0.2) is 4.77 Å². The van der Waals surface area contributed by atoms with E-state index in [-0.39, 0.29) is 11.9 Å². The first-order valence-corrected chi connectivity index (χ1v) is 6.63. The lowest BCUT2D eigenvalue weighted by atomic mass is 10.2. The number of hydrogen-bond donors (Lipinski definition) is 1. The van der Waals surface area contributed by atoms with Gasteiger partial charge in [-0.15, -0.1) is 0 Å². The van der Waals surface area contributed by atoms with Crippen LogP contribution >= 0.6 is 12.2 Å². The summed E-state index contributed by atoms with van der Waals surface area (Å²) >= 11 is 5.25. The first kappa shape index (κ1) is 12.4. The van der Waals surface area contributed by atoms with Crippen molar-refractivity contribution in [3.8, 4) is 0 Å². The van der Waals surface area contributed by atoms with Crippen LogP contribution in [0.2, 0.25) is 0 Å². The Hall–Kier alpha value is -1.10. The van der Waals surface area contributed by atoms with Gasteiger partial charge in [-0.3, -0.25) is 4.79 Å². The van der Waals surface area contributed by atoms with Crippen molar-refractivity contribution in [2.45, 2.75) is 39.2 Å². The van der Waals surface area contributed by atoms with Crippen LogP contribution in [0.3, 0.4) is 0 Å². The molecule has 0 aliphatic carbocycles. The second-order valence-electron chi connectivity index (χ2n) is 4.52. The van der Waals surface area contributed by atoms with Gasteiger partial charge in [0, 0.05) is 25.0 Å². The minimum Gasteiger partial charge on any atom is -0.341 e. The predicted octanol–water partition coefficient (Wildman–Crippen LogP) is 2.29. The van der Waals surface area contributed by atoms with Gasteiger partial charge in [-0.05, 0) is 38.4 Å². The molecule has 0 aromatic carbocycles. The molecule has 0 bridgehead atoms. The van der Waals surface area contributed by atoms with E-state index >= 15 is 0 Å². The minimum atomic E-state index is -0.193. The molecule has 1 saturated heterocycles. The summed E-state index contributed by atoms with van der Waals surface area (Å²) in [5.41, 5.74) is 1.09. The number of nitrogens with zero attached hydrogens (tertiary/aromatic N) is 2. The zero-order valence-corrected chi connectivity index (χ0v) is 11.2. The average molecular weight is 253 g/mol. The van der Waals surface area contributed by atoms with Crippen molar-refractivity contribution in [2.75, 3.05) is 13.1 Å². The first-order valence-electron chi connectivity index (χ1n) is 6.22. The average Bonchev–Trinajstić information content (AvgIpc) is 2.96. The van der Waals surface area contributed by atoms with Crippen LogP contribution in [-0.4, -0.2) is 33.4 Å². The summed E-state index contributed by atoms with van der Waals surface area (Å²) < 4.78 is 2.58. The minimum absolute atomic E-state index is 0.188. The third-order valence-corrected chi connectivity index (χ3v) is 3.73. The van der Waals surface area contributed by atoms with Gasteiger partial charge in [0.1, 0.15) is 6.04 Å². The van der Waals surface area contributed by atoms with E-state index in [9.17, 15) is 4.79 Å². The van der Waals surface area contributed by atoms with E-state index < -0.39 is 0 Å². The zero-order valence-electron chi connectivity index (χ0n) is 10.4. The SMILES string of the molecule is CCc1c[nH]c(=S)n1C(C)C(=O)N1CCCC1. The largest absolute Gasteiger partial charge is 0.341 e. The number of carbonyl (C=O) groups excluding carboxylic acids is 1.